The highest BCUT2D eigenvalue weighted by Crippen LogP contribution is 2.10. The normalized spacial score (nSPS) is 12.7. The summed E-state index contributed by atoms with van der Waals surface area (Å²) in [5, 5.41) is 0. The minimum absolute atomic E-state index is 0.134. The molecule has 0 aliphatic carbocycles. The van der Waals surface area contributed by atoms with Crippen LogP contribution < -0.4 is 10.6 Å². The summed E-state index contributed by atoms with van der Waals surface area (Å²) in [4.78, 5) is 11.0. The lowest BCUT2D eigenvalue weighted by Gasteiger charge is -2.24. The number of aromatic nitrogens is 2. The van der Waals surface area contributed by atoms with Gasteiger partial charge < -0.3 is 15.4 Å². The van der Waals surface area contributed by atoms with Gasteiger partial charge >= 0.3 is 0 Å². The molecule has 0 aliphatic rings. The van der Waals surface area contributed by atoms with Gasteiger partial charge in [-0.3, -0.25) is 0 Å². The predicted molar refractivity (Wildman–Crippen MR) is 78.3 cm³/mol. The molecule has 0 saturated heterocycles. The fourth-order valence-electron chi connectivity index (χ4n) is 1.90. The van der Waals surface area contributed by atoms with Crippen molar-refractivity contribution in [3.8, 4) is 0 Å². The van der Waals surface area contributed by atoms with Gasteiger partial charge in [-0.2, -0.15) is 0 Å². The Morgan fingerprint density at radius 1 is 1.26 bits per heavy atom. The van der Waals surface area contributed by atoms with Crippen LogP contribution in [0.2, 0.25) is 0 Å². The van der Waals surface area contributed by atoms with Gasteiger partial charge in [0, 0.05) is 38.6 Å². The topological polar surface area (TPSA) is 64.3 Å². The fourth-order valence-corrected chi connectivity index (χ4v) is 1.90. The van der Waals surface area contributed by atoms with Crippen molar-refractivity contribution in [2.75, 3.05) is 31.7 Å². The Balaban J connectivity index is 2.72. The lowest BCUT2D eigenvalue weighted by Crippen LogP contribution is -2.32. The summed E-state index contributed by atoms with van der Waals surface area (Å²) in [6, 6.07) is 0.134. The number of anilines is 1. The van der Waals surface area contributed by atoms with Gasteiger partial charge in [0.15, 0.2) is 0 Å². The maximum absolute atomic E-state index is 5.77. The first-order chi connectivity index (χ1) is 9.02. The Kier molecular flexibility index (Phi) is 6.73. The summed E-state index contributed by atoms with van der Waals surface area (Å²) in [6.07, 6.45) is 4.54. The molecule has 1 aromatic rings. The van der Waals surface area contributed by atoms with E-state index in [-0.39, 0.29) is 6.04 Å². The third kappa shape index (κ3) is 5.98. The largest absolute Gasteiger partial charge is 0.383 e. The minimum atomic E-state index is 0.134. The Hall–Kier alpha value is -1.20. The molecule has 0 amide bonds. The van der Waals surface area contributed by atoms with E-state index in [4.69, 9.17) is 10.5 Å². The SMILES string of the molecule is COCCN(CC(C)C)c1ncc(CC(C)N)cn1. The van der Waals surface area contributed by atoms with Crippen LogP contribution in [-0.2, 0) is 11.2 Å². The summed E-state index contributed by atoms with van der Waals surface area (Å²) < 4.78 is 5.14. The third-order valence-electron chi connectivity index (χ3n) is 2.68. The van der Waals surface area contributed by atoms with Gasteiger partial charge in [0.25, 0.3) is 0 Å². The van der Waals surface area contributed by atoms with Crippen molar-refractivity contribution in [1.29, 1.82) is 0 Å². The van der Waals surface area contributed by atoms with Crippen molar-refractivity contribution < 1.29 is 4.74 Å². The van der Waals surface area contributed by atoms with Gasteiger partial charge in [0.1, 0.15) is 0 Å². The molecular formula is C14H26N4O. The molecule has 2 N–H and O–H groups in total. The van der Waals surface area contributed by atoms with E-state index >= 15 is 0 Å². The molecule has 1 rings (SSSR count). The molecule has 108 valence electrons. The molecule has 5 heteroatoms. The zero-order chi connectivity index (χ0) is 14.3. The zero-order valence-electron chi connectivity index (χ0n) is 12.5. The lowest BCUT2D eigenvalue weighted by molar-refractivity contribution is 0.204. The quantitative estimate of drug-likeness (QED) is 0.772. The van der Waals surface area contributed by atoms with E-state index in [1.165, 1.54) is 0 Å². The molecule has 0 spiro atoms. The van der Waals surface area contributed by atoms with Crippen LogP contribution in [0.3, 0.4) is 0 Å². The van der Waals surface area contributed by atoms with Gasteiger partial charge in [-0.15, -0.1) is 0 Å². The summed E-state index contributed by atoms with van der Waals surface area (Å²) >= 11 is 0. The lowest BCUT2D eigenvalue weighted by atomic mass is 10.1. The van der Waals surface area contributed by atoms with Crippen LogP contribution in [-0.4, -0.2) is 42.8 Å². The number of methoxy groups -OCH3 is 1. The molecule has 5 nitrogen and oxygen atoms in total. The summed E-state index contributed by atoms with van der Waals surface area (Å²) in [6.45, 7) is 8.76. The van der Waals surface area contributed by atoms with Gasteiger partial charge in [0.05, 0.1) is 6.61 Å². The van der Waals surface area contributed by atoms with Crippen molar-refractivity contribution in [2.24, 2.45) is 11.7 Å². The minimum Gasteiger partial charge on any atom is -0.383 e. The van der Waals surface area contributed by atoms with Crippen LogP contribution in [0.4, 0.5) is 5.95 Å². The maximum Gasteiger partial charge on any atom is 0.225 e. The highest BCUT2D eigenvalue weighted by molar-refractivity contribution is 5.30. The standard InChI is InChI=1S/C14H26N4O/c1-11(2)10-18(5-6-19-4)14-16-8-13(9-17-14)7-12(3)15/h8-9,11-12H,5-7,10,15H2,1-4H3. The number of nitrogens with two attached hydrogens (primary N) is 1. The van der Waals surface area contributed by atoms with Crippen LogP contribution in [0.5, 0.6) is 0 Å². The molecule has 1 atom stereocenters. The van der Waals surface area contributed by atoms with Gasteiger partial charge in [0.2, 0.25) is 5.95 Å². The smallest absolute Gasteiger partial charge is 0.225 e. The van der Waals surface area contributed by atoms with E-state index < -0.39 is 0 Å². The Morgan fingerprint density at radius 2 is 1.89 bits per heavy atom. The van der Waals surface area contributed by atoms with Crippen LogP contribution >= 0.6 is 0 Å². The molecule has 0 aliphatic heterocycles. The molecule has 0 saturated carbocycles. The van der Waals surface area contributed by atoms with Crippen molar-refractivity contribution in [3.05, 3.63) is 18.0 Å². The number of ether oxygens (including phenoxy) is 1. The highest BCUT2D eigenvalue weighted by Gasteiger charge is 2.11. The first kappa shape index (κ1) is 15.9. The van der Waals surface area contributed by atoms with Crippen molar-refractivity contribution in [3.63, 3.8) is 0 Å². The van der Waals surface area contributed by atoms with E-state index in [1.54, 1.807) is 7.11 Å². The highest BCUT2D eigenvalue weighted by atomic mass is 16.5. The van der Waals surface area contributed by atoms with Crippen molar-refractivity contribution >= 4 is 5.95 Å². The molecule has 0 aromatic carbocycles. The molecule has 19 heavy (non-hydrogen) atoms. The van der Waals surface area contributed by atoms with Crippen LogP contribution in [0, 0.1) is 5.92 Å². The van der Waals surface area contributed by atoms with Gasteiger partial charge in [-0.05, 0) is 24.8 Å². The predicted octanol–water partition coefficient (Wildman–Crippen LogP) is 1.48. The number of hydrogen-bond donors (Lipinski definition) is 1. The molecule has 0 bridgehead atoms. The molecular weight excluding hydrogens is 240 g/mol. The third-order valence-corrected chi connectivity index (χ3v) is 2.68. The van der Waals surface area contributed by atoms with Crippen molar-refractivity contribution in [1.82, 2.24) is 9.97 Å². The molecule has 1 aromatic heterocycles. The second kappa shape index (κ2) is 8.07. The second-order valence-electron chi connectivity index (χ2n) is 5.41. The van der Waals surface area contributed by atoms with Gasteiger partial charge in [-0.25, -0.2) is 9.97 Å². The molecule has 0 fully saturated rings. The summed E-state index contributed by atoms with van der Waals surface area (Å²) in [5.74, 6) is 1.32. The summed E-state index contributed by atoms with van der Waals surface area (Å²) in [7, 11) is 1.71. The van der Waals surface area contributed by atoms with E-state index in [0.717, 1.165) is 31.0 Å². The Bertz CT molecular complexity index is 351. The first-order valence-electron chi connectivity index (χ1n) is 6.83. The van der Waals surface area contributed by atoms with Gasteiger partial charge in [-0.1, -0.05) is 13.8 Å². The Labute approximate surface area is 116 Å². The van der Waals surface area contributed by atoms with Crippen molar-refractivity contribution in [2.45, 2.75) is 33.2 Å². The number of rotatable bonds is 8. The first-order valence-corrected chi connectivity index (χ1v) is 6.83. The van der Waals surface area contributed by atoms with E-state index in [2.05, 4.69) is 28.7 Å². The monoisotopic (exact) mass is 266 g/mol. The van der Waals surface area contributed by atoms with E-state index in [1.807, 2.05) is 19.3 Å². The maximum atomic E-state index is 5.77. The summed E-state index contributed by atoms with van der Waals surface area (Å²) in [5.41, 5.74) is 6.85. The van der Waals surface area contributed by atoms with E-state index in [0.29, 0.717) is 12.5 Å². The Morgan fingerprint density at radius 3 is 2.37 bits per heavy atom. The average Bonchev–Trinajstić information content (AvgIpc) is 2.34. The average molecular weight is 266 g/mol. The number of hydrogen-bond acceptors (Lipinski definition) is 5. The number of nitrogens with zero attached hydrogens (tertiary/aromatic N) is 3. The van der Waals surface area contributed by atoms with Crippen LogP contribution in [0.1, 0.15) is 26.3 Å². The molecule has 0 radical (unpaired) electrons. The molecule has 1 unspecified atom stereocenters. The van der Waals surface area contributed by atoms with Crippen LogP contribution in [0.15, 0.2) is 12.4 Å². The van der Waals surface area contributed by atoms with E-state index in [9.17, 15) is 0 Å². The molecule has 1 heterocycles. The fraction of sp³-hybridized carbons (Fsp3) is 0.714. The van der Waals surface area contributed by atoms with Crippen LogP contribution in [0.25, 0.3) is 0 Å². The zero-order valence-corrected chi connectivity index (χ0v) is 12.5. The second-order valence-corrected chi connectivity index (χ2v) is 5.41.